The lowest BCUT2D eigenvalue weighted by Gasteiger charge is -2.62. The smallest absolute Gasteiger partial charge is 0.171 e. The van der Waals surface area contributed by atoms with Gasteiger partial charge in [-0.15, -0.1) is 0 Å². The third-order valence-electron chi connectivity index (χ3n) is 13.2. The number of ether oxygens (including phenoxy) is 3. The second-order valence-corrected chi connectivity index (χ2v) is 15.0. The summed E-state index contributed by atoms with van der Waals surface area (Å²) in [7, 11) is 0. The second kappa shape index (κ2) is 9.29. The first-order valence-electron chi connectivity index (χ1n) is 15.9. The van der Waals surface area contributed by atoms with E-state index < -0.39 is 0 Å². The fourth-order valence-corrected chi connectivity index (χ4v) is 11.2. The molecule has 1 aromatic carbocycles. The minimum absolute atomic E-state index is 0.208. The lowest BCUT2D eigenvalue weighted by molar-refractivity contribution is -0.273. The van der Waals surface area contributed by atoms with Crippen LogP contribution in [-0.4, -0.2) is 35.8 Å². The molecule has 4 heteroatoms. The van der Waals surface area contributed by atoms with Gasteiger partial charge in [-0.3, -0.25) is 0 Å². The van der Waals surface area contributed by atoms with Crippen LogP contribution in [0.4, 0.5) is 0 Å². The Balaban J connectivity index is 1.07. The maximum Gasteiger partial charge on any atom is 0.171 e. The van der Waals surface area contributed by atoms with Crippen molar-refractivity contribution in [2.45, 2.75) is 116 Å². The quantitative estimate of drug-likeness (QED) is 0.465. The van der Waals surface area contributed by atoms with Crippen molar-refractivity contribution in [2.24, 2.45) is 52.3 Å². The summed E-state index contributed by atoms with van der Waals surface area (Å²) in [6.07, 6.45) is 10.8. The van der Waals surface area contributed by atoms with Crippen LogP contribution in [0.15, 0.2) is 30.3 Å². The van der Waals surface area contributed by atoms with Crippen molar-refractivity contribution in [1.82, 2.24) is 0 Å². The van der Waals surface area contributed by atoms with E-state index in [1.165, 1.54) is 37.7 Å². The van der Waals surface area contributed by atoms with Crippen LogP contribution < -0.4 is 0 Å². The van der Waals surface area contributed by atoms with Crippen LogP contribution in [-0.2, 0) is 20.8 Å². The Bertz CT molecular complexity index is 1000. The van der Waals surface area contributed by atoms with E-state index in [0.29, 0.717) is 53.6 Å². The molecule has 6 aliphatic rings. The van der Waals surface area contributed by atoms with Gasteiger partial charge < -0.3 is 19.3 Å². The van der Waals surface area contributed by atoms with Gasteiger partial charge in [0, 0.05) is 12.3 Å². The molecule has 13 atom stereocenters. The molecule has 1 spiro atoms. The molecule has 0 aromatic heterocycles. The van der Waals surface area contributed by atoms with Gasteiger partial charge >= 0.3 is 0 Å². The maximum absolute atomic E-state index is 11.7. The van der Waals surface area contributed by atoms with Crippen molar-refractivity contribution in [3.63, 3.8) is 0 Å². The zero-order valence-electron chi connectivity index (χ0n) is 24.1. The number of hydrogen-bond donors (Lipinski definition) is 1. The van der Waals surface area contributed by atoms with Crippen LogP contribution in [0.3, 0.4) is 0 Å². The van der Waals surface area contributed by atoms with Crippen molar-refractivity contribution in [2.75, 3.05) is 6.61 Å². The normalized spacial score (nSPS) is 53.7. The number of aliphatic hydroxyl groups excluding tert-OH is 1. The molecule has 1 aromatic rings. The van der Waals surface area contributed by atoms with E-state index in [4.69, 9.17) is 14.2 Å². The van der Waals surface area contributed by atoms with Gasteiger partial charge in [-0.05, 0) is 103 Å². The van der Waals surface area contributed by atoms with Gasteiger partial charge in [0.05, 0.1) is 31.5 Å². The topological polar surface area (TPSA) is 47.9 Å². The molecular formula is C34H50O4. The molecule has 0 bridgehead atoms. The zero-order chi connectivity index (χ0) is 26.3. The fraction of sp³-hybridized carbons (Fsp3) is 0.824. The minimum Gasteiger partial charge on any atom is -0.393 e. The van der Waals surface area contributed by atoms with E-state index >= 15 is 0 Å². The highest BCUT2D eigenvalue weighted by atomic mass is 16.7. The Kier molecular flexibility index (Phi) is 6.36. The Morgan fingerprint density at radius 3 is 2.45 bits per heavy atom. The molecule has 7 rings (SSSR count). The predicted molar refractivity (Wildman–Crippen MR) is 148 cm³/mol. The summed E-state index contributed by atoms with van der Waals surface area (Å²) in [5.41, 5.74) is 1.78. The van der Waals surface area contributed by atoms with Crippen molar-refractivity contribution in [1.29, 1.82) is 0 Å². The lowest BCUT2D eigenvalue weighted by Crippen LogP contribution is -2.58. The van der Waals surface area contributed by atoms with Crippen molar-refractivity contribution < 1.29 is 19.3 Å². The second-order valence-electron chi connectivity index (χ2n) is 15.0. The summed E-state index contributed by atoms with van der Waals surface area (Å²) < 4.78 is 19.9. The molecule has 38 heavy (non-hydrogen) atoms. The van der Waals surface area contributed by atoms with Crippen LogP contribution in [0.5, 0.6) is 0 Å². The maximum atomic E-state index is 11.7. The summed E-state index contributed by atoms with van der Waals surface area (Å²) in [6, 6.07) is 10.5. The Morgan fingerprint density at radius 2 is 1.68 bits per heavy atom. The highest BCUT2D eigenvalue weighted by Crippen LogP contribution is 2.71. The molecule has 0 radical (unpaired) electrons. The van der Waals surface area contributed by atoms with Crippen LogP contribution in [0, 0.1) is 52.3 Å². The largest absolute Gasteiger partial charge is 0.393 e. The van der Waals surface area contributed by atoms with E-state index in [1.807, 2.05) is 0 Å². The minimum atomic E-state index is -0.339. The van der Waals surface area contributed by atoms with Gasteiger partial charge in [-0.2, -0.15) is 0 Å². The fourth-order valence-electron chi connectivity index (χ4n) is 11.2. The first-order valence-corrected chi connectivity index (χ1v) is 15.9. The molecule has 4 nitrogen and oxygen atoms in total. The summed E-state index contributed by atoms with van der Waals surface area (Å²) in [4.78, 5) is 0. The van der Waals surface area contributed by atoms with E-state index in [2.05, 4.69) is 58.0 Å². The van der Waals surface area contributed by atoms with Crippen molar-refractivity contribution in [3.8, 4) is 0 Å². The molecule has 2 saturated heterocycles. The van der Waals surface area contributed by atoms with Gasteiger partial charge in [0.15, 0.2) is 5.79 Å². The van der Waals surface area contributed by atoms with Gasteiger partial charge in [-0.25, -0.2) is 0 Å². The molecule has 2 heterocycles. The molecule has 2 aliphatic heterocycles. The number of benzene rings is 1. The first kappa shape index (κ1) is 26.0. The van der Waals surface area contributed by atoms with E-state index in [9.17, 15) is 5.11 Å². The van der Waals surface area contributed by atoms with Crippen LogP contribution in [0.25, 0.3) is 0 Å². The highest BCUT2D eigenvalue weighted by Gasteiger charge is 2.69. The molecular weight excluding hydrogens is 472 g/mol. The Morgan fingerprint density at radius 1 is 0.895 bits per heavy atom. The van der Waals surface area contributed by atoms with Gasteiger partial charge in [0.2, 0.25) is 0 Å². The van der Waals surface area contributed by atoms with E-state index in [-0.39, 0.29) is 23.4 Å². The molecule has 4 aliphatic carbocycles. The summed E-state index contributed by atoms with van der Waals surface area (Å²) in [5.74, 6) is 3.72. The average molecular weight is 523 g/mol. The third-order valence-corrected chi connectivity index (χ3v) is 13.2. The number of fused-ring (bicyclic) bond motifs is 7. The Labute approximate surface area is 230 Å². The van der Waals surface area contributed by atoms with Gasteiger partial charge in [-0.1, -0.05) is 58.0 Å². The van der Waals surface area contributed by atoms with Crippen molar-refractivity contribution in [3.05, 3.63) is 35.9 Å². The molecule has 210 valence electrons. The summed E-state index contributed by atoms with van der Waals surface area (Å²) in [5, 5.41) is 11.7. The predicted octanol–water partition coefficient (Wildman–Crippen LogP) is 6.99. The SMILES string of the molecule is C[C@@H]1CC[C@@]2(OC1)O[C@H]1C[C@H]3[C@@H]4C[C@H](O)[C@H]5C[C@@H](OCc6ccccc6)CC[C@]5(C)[C@H]4CC[C@]3(C)[C@H]1[C@@H]2C. The summed E-state index contributed by atoms with van der Waals surface area (Å²) in [6.45, 7) is 11.4. The first-order chi connectivity index (χ1) is 18.2. The Hall–Kier alpha value is -0.940. The number of hydrogen-bond acceptors (Lipinski definition) is 4. The molecule has 1 N–H and O–H groups in total. The van der Waals surface area contributed by atoms with E-state index in [1.54, 1.807) is 0 Å². The van der Waals surface area contributed by atoms with Gasteiger partial charge in [0.25, 0.3) is 0 Å². The van der Waals surface area contributed by atoms with Crippen LogP contribution >= 0.6 is 0 Å². The third kappa shape index (κ3) is 3.83. The molecule has 6 fully saturated rings. The molecule has 0 unspecified atom stereocenters. The number of rotatable bonds is 3. The summed E-state index contributed by atoms with van der Waals surface area (Å²) >= 11 is 0. The van der Waals surface area contributed by atoms with Gasteiger partial charge in [0.1, 0.15) is 0 Å². The monoisotopic (exact) mass is 522 g/mol. The molecule has 4 saturated carbocycles. The average Bonchev–Trinajstić information content (AvgIpc) is 3.36. The highest BCUT2D eigenvalue weighted by molar-refractivity contribution is 5.17. The van der Waals surface area contributed by atoms with E-state index in [0.717, 1.165) is 38.2 Å². The standard InChI is InChI=1S/C34H50O4/c1-21-10-15-34(37-19-21)22(2)31-30(38-34)18-27-25-17-29(35)28-16-24(36-20-23-8-6-5-7-9-23)11-13-32(28,3)26(25)12-14-33(27,31)4/h5-9,21-22,24-31,35H,10-20H2,1-4H3/t21-,22+,24+,25-,26+,27+,28-,29+,30+,31+,32-,33+,34-/m1/s1. The van der Waals surface area contributed by atoms with Crippen molar-refractivity contribution >= 4 is 0 Å². The zero-order valence-corrected chi connectivity index (χ0v) is 24.1. The van der Waals surface area contributed by atoms with Crippen LogP contribution in [0.2, 0.25) is 0 Å². The molecule has 0 amide bonds. The lowest BCUT2D eigenvalue weighted by atomic mass is 9.43. The van der Waals surface area contributed by atoms with Crippen LogP contribution in [0.1, 0.15) is 91.0 Å². The number of aliphatic hydroxyl groups is 1.